The molecule has 0 saturated carbocycles. The van der Waals surface area contributed by atoms with Crippen molar-refractivity contribution >= 4 is 49.9 Å². The molecule has 0 aliphatic rings. The van der Waals surface area contributed by atoms with E-state index in [0.717, 1.165) is 26.5 Å². The molecule has 19 heavy (non-hydrogen) atoms. The van der Waals surface area contributed by atoms with Crippen molar-refractivity contribution in [2.24, 2.45) is 0 Å². The standard InChI is InChI=1S/C14H7BrCl2N2/c15-10-6-3-5-9-12(10)14(17)19-18-13(9)8-4-1-2-7-11(8)16/h1-7H. The Morgan fingerprint density at radius 3 is 2.47 bits per heavy atom. The van der Waals surface area contributed by atoms with Crippen LogP contribution < -0.4 is 0 Å². The topological polar surface area (TPSA) is 25.8 Å². The van der Waals surface area contributed by atoms with E-state index in [4.69, 9.17) is 23.2 Å². The number of fused-ring (bicyclic) bond motifs is 1. The van der Waals surface area contributed by atoms with E-state index in [1.54, 1.807) is 0 Å². The summed E-state index contributed by atoms with van der Waals surface area (Å²) in [5.41, 5.74) is 1.57. The molecule has 0 unspecified atom stereocenters. The molecular formula is C14H7BrCl2N2. The van der Waals surface area contributed by atoms with Crippen LogP contribution in [0.25, 0.3) is 22.0 Å². The lowest BCUT2D eigenvalue weighted by Crippen LogP contribution is -1.92. The van der Waals surface area contributed by atoms with Crippen LogP contribution in [0.4, 0.5) is 0 Å². The highest BCUT2D eigenvalue weighted by Crippen LogP contribution is 2.36. The predicted molar refractivity (Wildman–Crippen MR) is 82.7 cm³/mol. The van der Waals surface area contributed by atoms with E-state index >= 15 is 0 Å². The summed E-state index contributed by atoms with van der Waals surface area (Å²) in [4.78, 5) is 0. The zero-order chi connectivity index (χ0) is 13.4. The van der Waals surface area contributed by atoms with Crippen molar-refractivity contribution in [1.82, 2.24) is 10.2 Å². The fourth-order valence-corrected chi connectivity index (χ4v) is 3.12. The van der Waals surface area contributed by atoms with E-state index < -0.39 is 0 Å². The molecule has 0 spiro atoms. The van der Waals surface area contributed by atoms with Gasteiger partial charge in [-0.15, -0.1) is 10.2 Å². The first-order chi connectivity index (χ1) is 9.18. The molecule has 1 aromatic heterocycles. The average molecular weight is 354 g/mol. The molecule has 2 aromatic carbocycles. The fourth-order valence-electron chi connectivity index (χ4n) is 1.98. The van der Waals surface area contributed by atoms with Crippen LogP contribution in [0.5, 0.6) is 0 Å². The zero-order valence-corrected chi connectivity index (χ0v) is 12.7. The van der Waals surface area contributed by atoms with Crippen LogP contribution in [0.1, 0.15) is 0 Å². The molecule has 5 heteroatoms. The van der Waals surface area contributed by atoms with Gasteiger partial charge in [0.25, 0.3) is 0 Å². The van der Waals surface area contributed by atoms with Crippen molar-refractivity contribution in [2.45, 2.75) is 0 Å². The number of halogens is 3. The Balaban J connectivity index is 2.41. The second kappa shape index (κ2) is 5.08. The largest absolute Gasteiger partial charge is 0.160 e. The molecule has 0 bridgehead atoms. The van der Waals surface area contributed by atoms with E-state index in [9.17, 15) is 0 Å². The third kappa shape index (κ3) is 2.22. The number of benzene rings is 2. The van der Waals surface area contributed by atoms with E-state index in [2.05, 4.69) is 26.1 Å². The van der Waals surface area contributed by atoms with Crippen molar-refractivity contribution in [3.05, 3.63) is 57.1 Å². The van der Waals surface area contributed by atoms with Gasteiger partial charge in [0.2, 0.25) is 0 Å². The molecule has 3 rings (SSSR count). The van der Waals surface area contributed by atoms with Crippen molar-refractivity contribution in [2.75, 3.05) is 0 Å². The number of hydrogen-bond donors (Lipinski definition) is 0. The second-order valence-electron chi connectivity index (χ2n) is 3.98. The van der Waals surface area contributed by atoms with E-state index in [0.29, 0.717) is 10.2 Å². The van der Waals surface area contributed by atoms with Gasteiger partial charge in [0, 0.05) is 20.8 Å². The minimum Gasteiger partial charge on any atom is -0.148 e. The first kappa shape index (κ1) is 12.9. The third-order valence-corrected chi connectivity index (χ3v) is 4.10. The summed E-state index contributed by atoms with van der Waals surface area (Å²) in [6.45, 7) is 0. The molecule has 1 heterocycles. The van der Waals surface area contributed by atoms with Gasteiger partial charge in [-0.1, -0.05) is 69.5 Å². The van der Waals surface area contributed by atoms with Gasteiger partial charge in [-0.05, 0) is 12.1 Å². The molecule has 94 valence electrons. The van der Waals surface area contributed by atoms with Crippen LogP contribution >= 0.6 is 39.1 Å². The second-order valence-corrected chi connectivity index (χ2v) is 5.60. The molecule has 0 N–H and O–H groups in total. The highest BCUT2D eigenvalue weighted by Gasteiger charge is 2.13. The van der Waals surface area contributed by atoms with E-state index in [1.807, 2.05) is 42.5 Å². The summed E-state index contributed by atoms with van der Waals surface area (Å²) < 4.78 is 0.887. The molecule has 0 saturated heterocycles. The van der Waals surface area contributed by atoms with Gasteiger partial charge in [0.1, 0.15) is 5.69 Å². The molecular weight excluding hydrogens is 347 g/mol. The fraction of sp³-hybridized carbons (Fsp3) is 0. The molecule has 0 aliphatic heterocycles. The highest BCUT2D eigenvalue weighted by atomic mass is 79.9. The number of rotatable bonds is 1. The average Bonchev–Trinajstić information content (AvgIpc) is 2.40. The van der Waals surface area contributed by atoms with E-state index in [1.165, 1.54) is 0 Å². The summed E-state index contributed by atoms with van der Waals surface area (Å²) in [5.74, 6) is 0. The predicted octanol–water partition coefficient (Wildman–Crippen LogP) is 5.37. The number of hydrogen-bond acceptors (Lipinski definition) is 2. The molecule has 0 fully saturated rings. The van der Waals surface area contributed by atoms with Crippen molar-refractivity contribution in [3.8, 4) is 11.3 Å². The molecule has 0 aliphatic carbocycles. The van der Waals surface area contributed by atoms with Gasteiger partial charge in [-0.3, -0.25) is 0 Å². The maximum absolute atomic E-state index is 6.23. The van der Waals surface area contributed by atoms with Crippen LogP contribution in [0.3, 0.4) is 0 Å². The quantitative estimate of drug-likeness (QED) is 0.588. The maximum Gasteiger partial charge on any atom is 0.160 e. The van der Waals surface area contributed by atoms with Gasteiger partial charge in [-0.25, -0.2) is 0 Å². The normalized spacial score (nSPS) is 10.9. The van der Waals surface area contributed by atoms with Gasteiger partial charge >= 0.3 is 0 Å². The lowest BCUT2D eigenvalue weighted by Gasteiger charge is -2.08. The number of nitrogens with zero attached hydrogens (tertiary/aromatic N) is 2. The van der Waals surface area contributed by atoms with Crippen LogP contribution in [-0.4, -0.2) is 10.2 Å². The third-order valence-electron chi connectivity index (χ3n) is 2.84. The van der Waals surface area contributed by atoms with Crippen molar-refractivity contribution in [1.29, 1.82) is 0 Å². The summed E-state index contributed by atoms with van der Waals surface area (Å²) in [6.07, 6.45) is 0. The van der Waals surface area contributed by atoms with Gasteiger partial charge in [-0.2, -0.15) is 0 Å². The maximum atomic E-state index is 6.23. The Morgan fingerprint density at radius 1 is 0.895 bits per heavy atom. The lowest BCUT2D eigenvalue weighted by molar-refractivity contribution is 1.06. The van der Waals surface area contributed by atoms with Crippen LogP contribution in [0, 0.1) is 0 Å². The monoisotopic (exact) mass is 352 g/mol. The Hall–Kier alpha value is -1.16. The SMILES string of the molecule is Clc1ccccc1-c1nnc(Cl)c2c(Br)cccc12. The first-order valence-electron chi connectivity index (χ1n) is 5.54. The van der Waals surface area contributed by atoms with Crippen molar-refractivity contribution in [3.63, 3.8) is 0 Å². The minimum absolute atomic E-state index is 0.373. The molecule has 2 nitrogen and oxygen atoms in total. The van der Waals surface area contributed by atoms with Crippen LogP contribution in [0.15, 0.2) is 46.9 Å². The van der Waals surface area contributed by atoms with Crippen LogP contribution in [-0.2, 0) is 0 Å². The molecule has 3 aromatic rings. The minimum atomic E-state index is 0.373. The van der Waals surface area contributed by atoms with Gasteiger partial charge < -0.3 is 0 Å². The van der Waals surface area contributed by atoms with Gasteiger partial charge in [0.15, 0.2) is 5.15 Å². The zero-order valence-electron chi connectivity index (χ0n) is 9.57. The Labute approximate surface area is 128 Å². The summed E-state index contributed by atoms with van der Waals surface area (Å²) in [7, 11) is 0. The molecule has 0 radical (unpaired) electrons. The Kier molecular flexibility index (Phi) is 3.44. The summed E-state index contributed by atoms with van der Waals surface area (Å²) in [5, 5.41) is 11.0. The summed E-state index contributed by atoms with van der Waals surface area (Å²) in [6, 6.07) is 13.4. The van der Waals surface area contributed by atoms with Crippen LogP contribution in [0.2, 0.25) is 10.2 Å². The lowest BCUT2D eigenvalue weighted by atomic mass is 10.1. The smallest absolute Gasteiger partial charge is 0.148 e. The Bertz CT molecular complexity index is 766. The van der Waals surface area contributed by atoms with Gasteiger partial charge in [0.05, 0.1) is 5.02 Å². The molecule has 0 amide bonds. The highest BCUT2D eigenvalue weighted by molar-refractivity contribution is 9.10. The summed E-state index contributed by atoms with van der Waals surface area (Å²) >= 11 is 15.8. The van der Waals surface area contributed by atoms with Crippen molar-refractivity contribution < 1.29 is 0 Å². The Morgan fingerprint density at radius 2 is 1.68 bits per heavy atom. The first-order valence-corrected chi connectivity index (χ1v) is 7.08. The number of aromatic nitrogens is 2. The molecule has 0 atom stereocenters. The van der Waals surface area contributed by atoms with E-state index in [-0.39, 0.29) is 0 Å².